The number of hydrogen-bond acceptors (Lipinski definition) is 1. The molecule has 0 aliphatic heterocycles. The van der Waals surface area contributed by atoms with Crippen molar-refractivity contribution in [3.63, 3.8) is 0 Å². The lowest BCUT2D eigenvalue weighted by Crippen LogP contribution is -1.98. The van der Waals surface area contributed by atoms with E-state index in [0.717, 1.165) is 12.0 Å². The standard InChI is InChI=1S/C23H21F3O/c1-3-4-18-10-11-19(13-21(18)24)27-14-16-6-8-17(9-7-16)20-12-5-15(2)22(25)23(20)26/h5-13H,3-4,14H2,1-2H3. The van der Waals surface area contributed by atoms with Gasteiger partial charge in [0, 0.05) is 11.6 Å². The number of rotatable bonds is 6. The first-order valence-electron chi connectivity index (χ1n) is 8.94. The predicted molar refractivity (Wildman–Crippen MR) is 101 cm³/mol. The Morgan fingerprint density at radius 1 is 0.852 bits per heavy atom. The molecule has 0 aliphatic rings. The van der Waals surface area contributed by atoms with Crippen molar-refractivity contribution in [2.24, 2.45) is 0 Å². The minimum atomic E-state index is -0.846. The molecule has 1 nitrogen and oxygen atoms in total. The lowest BCUT2D eigenvalue weighted by Gasteiger charge is -2.10. The molecule has 3 aromatic rings. The van der Waals surface area contributed by atoms with E-state index >= 15 is 0 Å². The molecule has 0 fully saturated rings. The number of aryl methyl sites for hydroxylation is 2. The number of halogens is 3. The molecule has 0 bridgehead atoms. The molecule has 4 heteroatoms. The van der Waals surface area contributed by atoms with E-state index in [1.165, 1.54) is 13.0 Å². The molecule has 0 radical (unpaired) electrons. The minimum Gasteiger partial charge on any atom is -0.489 e. The van der Waals surface area contributed by atoms with Crippen LogP contribution in [-0.2, 0) is 13.0 Å². The van der Waals surface area contributed by atoms with E-state index in [1.54, 1.807) is 48.5 Å². The van der Waals surface area contributed by atoms with Crippen molar-refractivity contribution in [1.82, 2.24) is 0 Å². The fourth-order valence-electron chi connectivity index (χ4n) is 2.91. The highest BCUT2D eigenvalue weighted by molar-refractivity contribution is 5.65. The van der Waals surface area contributed by atoms with Crippen LogP contribution in [0.15, 0.2) is 54.6 Å². The summed E-state index contributed by atoms with van der Waals surface area (Å²) in [5.41, 5.74) is 2.62. The van der Waals surface area contributed by atoms with Crippen LogP contribution in [-0.4, -0.2) is 0 Å². The van der Waals surface area contributed by atoms with Crippen molar-refractivity contribution < 1.29 is 17.9 Å². The summed E-state index contributed by atoms with van der Waals surface area (Å²) in [5, 5.41) is 0. The Morgan fingerprint density at radius 3 is 2.26 bits per heavy atom. The lowest BCUT2D eigenvalue weighted by atomic mass is 10.0. The van der Waals surface area contributed by atoms with Crippen molar-refractivity contribution in [2.75, 3.05) is 0 Å². The van der Waals surface area contributed by atoms with Gasteiger partial charge in [-0.05, 0) is 41.7 Å². The van der Waals surface area contributed by atoms with E-state index in [0.29, 0.717) is 23.3 Å². The average Bonchev–Trinajstić information content (AvgIpc) is 2.67. The van der Waals surface area contributed by atoms with Crippen molar-refractivity contribution in [3.8, 4) is 16.9 Å². The van der Waals surface area contributed by atoms with Gasteiger partial charge in [0.25, 0.3) is 0 Å². The molecule has 3 aromatic carbocycles. The highest BCUT2D eigenvalue weighted by Crippen LogP contribution is 2.27. The van der Waals surface area contributed by atoms with E-state index in [9.17, 15) is 13.2 Å². The van der Waals surface area contributed by atoms with Crippen LogP contribution in [0.2, 0.25) is 0 Å². The molecular weight excluding hydrogens is 349 g/mol. The predicted octanol–water partition coefficient (Wildman–Crippen LogP) is 6.61. The van der Waals surface area contributed by atoms with Crippen molar-refractivity contribution in [1.29, 1.82) is 0 Å². The monoisotopic (exact) mass is 370 g/mol. The zero-order valence-electron chi connectivity index (χ0n) is 15.4. The third kappa shape index (κ3) is 4.33. The third-order valence-electron chi connectivity index (χ3n) is 4.49. The zero-order chi connectivity index (χ0) is 19.4. The molecule has 140 valence electrons. The zero-order valence-corrected chi connectivity index (χ0v) is 15.4. The first-order valence-corrected chi connectivity index (χ1v) is 8.94. The van der Waals surface area contributed by atoms with Gasteiger partial charge >= 0.3 is 0 Å². The van der Waals surface area contributed by atoms with Crippen LogP contribution in [0.1, 0.15) is 30.0 Å². The van der Waals surface area contributed by atoms with Crippen LogP contribution in [0.4, 0.5) is 13.2 Å². The fourth-order valence-corrected chi connectivity index (χ4v) is 2.91. The maximum absolute atomic E-state index is 14.1. The summed E-state index contributed by atoms with van der Waals surface area (Å²) in [4.78, 5) is 0. The van der Waals surface area contributed by atoms with Crippen LogP contribution < -0.4 is 4.74 Å². The first-order chi connectivity index (χ1) is 13.0. The molecular formula is C23H21F3O. The van der Waals surface area contributed by atoms with Crippen LogP contribution >= 0.6 is 0 Å². The summed E-state index contributed by atoms with van der Waals surface area (Å²) in [6.45, 7) is 3.79. The molecule has 0 spiro atoms. The van der Waals surface area contributed by atoms with E-state index in [-0.39, 0.29) is 23.6 Å². The van der Waals surface area contributed by atoms with Gasteiger partial charge in [-0.2, -0.15) is 0 Å². The Labute approximate surface area is 157 Å². The second-order valence-electron chi connectivity index (χ2n) is 6.55. The summed E-state index contributed by atoms with van der Waals surface area (Å²) in [7, 11) is 0. The Bertz CT molecular complexity index is 933. The molecule has 0 aliphatic carbocycles. The topological polar surface area (TPSA) is 9.23 Å². The Kier molecular flexibility index (Phi) is 5.84. The van der Waals surface area contributed by atoms with Crippen LogP contribution in [0.25, 0.3) is 11.1 Å². The van der Waals surface area contributed by atoms with Crippen LogP contribution in [0, 0.1) is 24.4 Å². The fraction of sp³-hybridized carbons (Fsp3) is 0.217. The van der Waals surface area contributed by atoms with Gasteiger partial charge in [-0.15, -0.1) is 0 Å². The minimum absolute atomic E-state index is 0.221. The Balaban J connectivity index is 1.70. The summed E-state index contributed by atoms with van der Waals surface area (Å²) >= 11 is 0. The van der Waals surface area contributed by atoms with Gasteiger partial charge in [-0.3, -0.25) is 0 Å². The van der Waals surface area contributed by atoms with Gasteiger partial charge in [-0.25, -0.2) is 13.2 Å². The smallest absolute Gasteiger partial charge is 0.166 e. The van der Waals surface area contributed by atoms with Gasteiger partial charge < -0.3 is 4.74 Å². The molecule has 0 unspecified atom stereocenters. The van der Waals surface area contributed by atoms with Crippen molar-refractivity contribution in [3.05, 3.63) is 88.7 Å². The quantitative estimate of drug-likeness (QED) is 0.474. The summed E-state index contributed by atoms with van der Waals surface area (Å²) in [6, 6.07) is 15.0. The highest BCUT2D eigenvalue weighted by Gasteiger charge is 2.12. The highest BCUT2D eigenvalue weighted by atomic mass is 19.2. The molecule has 0 atom stereocenters. The van der Waals surface area contributed by atoms with E-state index in [4.69, 9.17) is 4.74 Å². The normalized spacial score (nSPS) is 10.9. The molecule has 0 amide bonds. The van der Waals surface area contributed by atoms with Crippen LogP contribution in [0.3, 0.4) is 0 Å². The first kappa shape index (κ1) is 19.0. The van der Waals surface area contributed by atoms with Gasteiger partial charge in [0.2, 0.25) is 0 Å². The maximum Gasteiger partial charge on any atom is 0.166 e. The van der Waals surface area contributed by atoms with E-state index < -0.39 is 11.6 Å². The number of benzene rings is 3. The van der Waals surface area contributed by atoms with Gasteiger partial charge in [0.05, 0.1) is 0 Å². The molecule has 0 heterocycles. The molecule has 0 saturated heterocycles. The third-order valence-corrected chi connectivity index (χ3v) is 4.49. The Morgan fingerprint density at radius 2 is 1.59 bits per heavy atom. The molecule has 0 N–H and O–H groups in total. The molecule has 0 saturated carbocycles. The average molecular weight is 370 g/mol. The number of ether oxygens (including phenoxy) is 1. The van der Waals surface area contributed by atoms with Gasteiger partial charge in [-0.1, -0.05) is 55.8 Å². The van der Waals surface area contributed by atoms with Crippen LogP contribution in [0.5, 0.6) is 5.75 Å². The lowest BCUT2D eigenvalue weighted by molar-refractivity contribution is 0.304. The Hall–Kier alpha value is -2.75. The van der Waals surface area contributed by atoms with Crippen molar-refractivity contribution >= 4 is 0 Å². The second-order valence-corrected chi connectivity index (χ2v) is 6.55. The summed E-state index contributed by atoms with van der Waals surface area (Å²) < 4.78 is 47.4. The van der Waals surface area contributed by atoms with E-state index in [1.807, 2.05) is 6.92 Å². The largest absolute Gasteiger partial charge is 0.489 e. The van der Waals surface area contributed by atoms with Gasteiger partial charge in [0.15, 0.2) is 11.6 Å². The molecule has 3 rings (SSSR count). The maximum atomic E-state index is 14.1. The molecule has 27 heavy (non-hydrogen) atoms. The number of hydrogen-bond donors (Lipinski definition) is 0. The van der Waals surface area contributed by atoms with E-state index in [2.05, 4.69) is 0 Å². The SMILES string of the molecule is CCCc1ccc(OCc2ccc(-c3ccc(C)c(F)c3F)cc2)cc1F. The second kappa shape index (κ2) is 8.30. The summed E-state index contributed by atoms with van der Waals surface area (Å²) in [6.07, 6.45) is 1.58. The van der Waals surface area contributed by atoms with Crippen molar-refractivity contribution in [2.45, 2.75) is 33.3 Å². The van der Waals surface area contributed by atoms with Gasteiger partial charge in [0.1, 0.15) is 18.2 Å². The summed E-state index contributed by atoms with van der Waals surface area (Å²) in [5.74, 6) is -1.47. The molecule has 0 aromatic heterocycles.